The molecule has 0 aliphatic heterocycles. The molecule has 1 heteroatoms. The molecule has 0 heterocycles. The molecule has 0 amide bonds. The third kappa shape index (κ3) is 2.10. The molecule has 1 nitrogen and oxygen atoms in total. The Morgan fingerprint density at radius 2 is 1.81 bits per heavy atom. The second-order valence-electron chi connectivity index (χ2n) is 4.24. The van der Waals surface area contributed by atoms with E-state index in [-0.39, 0.29) is 12.5 Å². The van der Waals surface area contributed by atoms with Gasteiger partial charge in [0.2, 0.25) is 0 Å². The summed E-state index contributed by atoms with van der Waals surface area (Å²) >= 11 is 0. The van der Waals surface area contributed by atoms with E-state index in [0.717, 1.165) is 12.8 Å². The van der Waals surface area contributed by atoms with E-state index in [2.05, 4.69) is 49.4 Å². The Labute approximate surface area is 96.7 Å². The van der Waals surface area contributed by atoms with Crippen molar-refractivity contribution in [2.75, 3.05) is 6.61 Å². The number of hydrogen-bond donors (Lipinski definition) is 1. The molecular weight excluding hydrogens is 196 g/mol. The number of aliphatic hydroxyl groups excluding tert-OH is 1. The molecule has 1 atom stereocenters. The minimum absolute atomic E-state index is 0.238. The Morgan fingerprint density at radius 1 is 1.06 bits per heavy atom. The van der Waals surface area contributed by atoms with Gasteiger partial charge in [0.25, 0.3) is 0 Å². The molecule has 2 aromatic carbocycles. The Kier molecular flexibility index (Phi) is 3.58. The first-order chi connectivity index (χ1) is 7.86. The molecule has 1 unspecified atom stereocenters. The van der Waals surface area contributed by atoms with Crippen molar-refractivity contribution in [3.8, 4) is 0 Å². The van der Waals surface area contributed by atoms with E-state index in [1.165, 1.54) is 16.3 Å². The van der Waals surface area contributed by atoms with E-state index < -0.39 is 0 Å². The average Bonchev–Trinajstić information content (AvgIpc) is 2.35. The smallest absolute Gasteiger partial charge is 0.0499 e. The van der Waals surface area contributed by atoms with Crippen LogP contribution in [-0.4, -0.2) is 11.7 Å². The predicted octanol–water partition coefficient (Wildman–Crippen LogP) is 3.72. The summed E-state index contributed by atoms with van der Waals surface area (Å²) in [7, 11) is 0. The second-order valence-corrected chi connectivity index (χ2v) is 4.24. The van der Waals surface area contributed by atoms with Gasteiger partial charge in [0.05, 0.1) is 0 Å². The summed E-state index contributed by atoms with van der Waals surface area (Å²) in [6, 6.07) is 14.7. The molecule has 0 radical (unpaired) electrons. The van der Waals surface area contributed by atoms with Gasteiger partial charge in [-0.2, -0.15) is 0 Å². The van der Waals surface area contributed by atoms with Crippen LogP contribution in [0.25, 0.3) is 10.8 Å². The summed E-state index contributed by atoms with van der Waals surface area (Å²) in [6.45, 7) is 2.40. The fraction of sp³-hybridized carbons (Fsp3) is 0.333. The third-order valence-electron chi connectivity index (χ3n) is 3.12. The zero-order valence-electron chi connectivity index (χ0n) is 9.69. The van der Waals surface area contributed by atoms with Gasteiger partial charge in [0.1, 0.15) is 0 Å². The summed E-state index contributed by atoms with van der Waals surface area (Å²) in [5.74, 6) is 0.274. The van der Waals surface area contributed by atoms with Gasteiger partial charge in [-0.15, -0.1) is 0 Å². The van der Waals surface area contributed by atoms with Crippen LogP contribution in [0.2, 0.25) is 0 Å². The molecule has 0 bridgehead atoms. The van der Waals surface area contributed by atoms with Crippen molar-refractivity contribution in [3.05, 3.63) is 48.0 Å². The Bertz CT molecular complexity index is 456. The van der Waals surface area contributed by atoms with Crippen LogP contribution in [0.4, 0.5) is 0 Å². The van der Waals surface area contributed by atoms with Crippen LogP contribution in [-0.2, 0) is 0 Å². The maximum atomic E-state index is 9.47. The normalized spacial score (nSPS) is 12.9. The lowest BCUT2D eigenvalue weighted by Crippen LogP contribution is -2.04. The van der Waals surface area contributed by atoms with E-state index >= 15 is 0 Å². The van der Waals surface area contributed by atoms with Crippen LogP contribution >= 0.6 is 0 Å². The highest BCUT2D eigenvalue weighted by molar-refractivity contribution is 5.86. The first kappa shape index (κ1) is 11.2. The predicted molar refractivity (Wildman–Crippen MR) is 68.7 cm³/mol. The zero-order chi connectivity index (χ0) is 11.4. The first-order valence-electron chi connectivity index (χ1n) is 5.95. The van der Waals surface area contributed by atoms with Gasteiger partial charge >= 0.3 is 0 Å². The topological polar surface area (TPSA) is 20.2 Å². The number of fused-ring (bicyclic) bond motifs is 1. The highest BCUT2D eigenvalue weighted by atomic mass is 16.3. The van der Waals surface area contributed by atoms with Crippen molar-refractivity contribution in [2.45, 2.75) is 25.7 Å². The van der Waals surface area contributed by atoms with E-state index in [9.17, 15) is 5.11 Å². The van der Waals surface area contributed by atoms with E-state index in [4.69, 9.17) is 0 Å². The quantitative estimate of drug-likeness (QED) is 0.822. The van der Waals surface area contributed by atoms with Gasteiger partial charge in [-0.25, -0.2) is 0 Å². The standard InChI is InChI=1S/C15H18O/c1-2-6-13(11-16)15-10-5-8-12-7-3-4-9-14(12)15/h3-5,7-10,13,16H,2,6,11H2,1H3. The Morgan fingerprint density at radius 3 is 2.56 bits per heavy atom. The minimum Gasteiger partial charge on any atom is -0.396 e. The van der Waals surface area contributed by atoms with Crippen molar-refractivity contribution in [1.82, 2.24) is 0 Å². The summed E-state index contributed by atoms with van der Waals surface area (Å²) in [6.07, 6.45) is 2.15. The summed E-state index contributed by atoms with van der Waals surface area (Å²) in [5.41, 5.74) is 1.28. The fourth-order valence-corrected chi connectivity index (χ4v) is 2.30. The molecule has 0 spiro atoms. The molecule has 0 fully saturated rings. The maximum absolute atomic E-state index is 9.47. The van der Waals surface area contributed by atoms with E-state index in [0.29, 0.717) is 0 Å². The molecule has 2 aromatic rings. The molecule has 16 heavy (non-hydrogen) atoms. The van der Waals surface area contributed by atoms with Gasteiger partial charge < -0.3 is 5.11 Å². The van der Waals surface area contributed by atoms with Gasteiger partial charge in [-0.05, 0) is 22.8 Å². The van der Waals surface area contributed by atoms with Crippen LogP contribution < -0.4 is 0 Å². The number of rotatable bonds is 4. The van der Waals surface area contributed by atoms with Gasteiger partial charge in [0, 0.05) is 12.5 Å². The molecular formula is C15H18O. The van der Waals surface area contributed by atoms with Crippen molar-refractivity contribution >= 4 is 10.8 Å². The minimum atomic E-state index is 0.238. The highest BCUT2D eigenvalue weighted by Gasteiger charge is 2.11. The molecule has 0 aliphatic carbocycles. The zero-order valence-corrected chi connectivity index (χ0v) is 9.69. The largest absolute Gasteiger partial charge is 0.396 e. The van der Waals surface area contributed by atoms with Crippen LogP contribution in [0.15, 0.2) is 42.5 Å². The van der Waals surface area contributed by atoms with Crippen LogP contribution in [0.1, 0.15) is 31.2 Å². The SMILES string of the molecule is CCCC(CO)c1cccc2ccccc12. The Balaban J connectivity index is 2.50. The molecule has 0 saturated carbocycles. The van der Waals surface area contributed by atoms with E-state index in [1.54, 1.807) is 0 Å². The van der Waals surface area contributed by atoms with Crippen molar-refractivity contribution < 1.29 is 5.11 Å². The molecule has 0 saturated heterocycles. The molecule has 2 rings (SSSR count). The first-order valence-corrected chi connectivity index (χ1v) is 5.95. The summed E-state index contributed by atoms with van der Waals surface area (Å²) in [5, 5.41) is 12.0. The fourth-order valence-electron chi connectivity index (χ4n) is 2.30. The maximum Gasteiger partial charge on any atom is 0.0499 e. The monoisotopic (exact) mass is 214 g/mol. The van der Waals surface area contributed by atoms with Crippen molar-refractivity contribution in [1.29, 1.82) is 0 Å². The highest BCUT2D eigenvalue weighted by Crippen LogP contribution is 2.28. The van der Waals surface area contributed by atoms with Gasteiger partial charge in [-0.1, -0.05) is 55.8 Å². The second kappa shape index (κ2) is 5.13. The number of hydrogen-bond acceptors (Lipinski definition) is 1. The van der Waals surface area contributed by atoms with Gasteiger partial charge in [0.15, 0.2) is 0 Å². The lowest BCUT2D eigenvalue weighted by atomic mass is 9.91. The molecule has 1 N–H and O–H groups in total. The van der Waals surface area contributed by atoms with Crippen LogP contribution in [0, 0.1) is 0 Å². The lowest BCUT2D eigenvalue weighted by molar-refractivity contribution is 0.259. The third-order valence-corrected chi connectivity index (χ3v) is 3.12. The van der Waals surface area contributed by atoms with Crippen LogP contribution in [0.5, 0.6) is 0 Å². The number of benzene rings is 2. The molecule has 84 valence electrons. The molecule has 0 aromatic heterocycles. The number of aliphatic hydroxyl groups is 1. The van der Waals surface area contributed by atoms with Crippen LogP contribution in [0.3, 0.4) is 0 Å². The summed E-state index contributed by atoms with van der Waals surface area (Å²) in [4.78, 5) is 0. The Hall–Kier alpha value is -1.34. The lowest BCUT2D eigenvalue weighted by Gasteiger charge is -2.16. The van der Waals surface area contributed by atoms with Gasteiger partial charge in [-0.3, -0.25) is 0 Å². The van der Waals surface area contributed by atoms with Crippen molar-refractivity contribution in [3.63, 3.8) is 0 Å². The summed E-state index contributed by atoms with van der Waals surface area (Å²) < 4.78 is 0. The molecule has 0 aliphatic rings. The van der Waals surface area contributed by atoms with E-state index in [1.807, 2.05) is 0 Å². The average molecular weight is 214 g/mol. The van der Waals surface area contributed by atoms with Crippen molar-refractivity contribution in [2.24, 2.45) is 0 Å².